The van der Waals surface area contributed by atoms with Crippen molar-refractivity contribution in [1.82, 2.24) is 10.6 Å². The van der Waals surface area contributed by atoms with Gasteiger partial charge in [-0.15, -0.1) is 6.42 Å². The highest BCUT2D eigenvalue weighted by atomic mass is 16.1. The van der Waals surface area contributed by atoms with Crippen molar-refractivity contribution in [3.63, 3.8) is 0 Å². The summed E-state index contributed by atoms with van der Waals surface area (Å²) in [7, 11) is 0. The van der Waals surface area contributed by atoms with Gasteiger partial charge in [-0.05, 0) is 12.3 Å². The molecule has 1 atom stereocenters. The van der Waals surface area contributed by atoms with Crippen molar-refractivity contribution in [3.8, 4) is 12.3 Å². The van der Waals surface area contributed by atoms with E-state index in [1.165, 1.54) is 0 Å². The summed E-state index contributed by atoms with van der Waals surface area (Å²) in [4.78, 5) is 11.2. The van der Waals surface area contributed by atoms with Crippen LogP contribution in [0.15, 0.2) is 0 Å². The van der Waals surface area contributed by atoms with Crippen LogP contribution in [0.25, 0.3) is 0 Å². The van der Waals surface area contributed by atoms with Gasteiger partial charge in [0, 0.05) is 6.54 Å². The second-order valence-corrected chi connectivity index (χ2v) is 3.71. The molecule has 0 aliphatic rings. The Labute approximate surface area is 86.6 Å². The fraction of sp³-hybridized carbons (Fsp3) is 0.727. The van der Waals surface area contributed by atoms with Crippen LogP contribution in [0, 0.1) is 18.3 Å². The lowest BCUT2D eigenvalue weighted by Crippen LogP contribution is -2.39. The lowest BCUT2D eigenvalue weighted by molar-refractivity contribution is -0.120. The van der Waals surface area contributed by atoms with E-state index >= 15 is 0 Å². The third-order valence-corrected chi connectivity index (χ3v) is 1.83. The van der Waals surface area contributed by atoms with Gasteiger partial charge in [0.2, 0.25) is 5.91 Å². The highest BCUT2D eigenvalue weighted by molar-refractivity contribution is 5.78. The van der Waals surface area contributed by atoms with E-state index in [9.17, 15) is 4.79 Å². The van der Waals surface area contributed by atoms with Crippen molar-refractivity contribution >= 4 is 5.91 Å². The van der Waals surface area contributed by atoms with Crippen LogP contribution in [0.3, 0.4) is 0 Å². The molecule has 0 aromatic rings. The summed E-state index contributed by atoms with van der Waals surface area (Å²) < 4.78 is 0. The van der Waals surface area contributed by atoms with E-state index in [2.05, 4.69) is 30.4 Å². The molecule has 0 radical (unpaired) electrons. The zero-order valence-electron chi connectivity index (χ0n) is 9.26. The van der Waals surface area contributed by atoms with Crippen molar-refractivity contribution < 1.29 is 4.79 Å². The van der Waals surface area contributed by atoms with E-state index in [0.717, 1.165) is 6.42 Å². The van der Waals surface area contributed by atoms with Gasteiger partial charge < -0.3 is 5.32 Å². The zero-order chi connectivity index (χ0) is 11.0. The van der Waals surface area contributed by atoms with Crippen molar-refractivity contribution in [2.75, 3.05) is 13.1 Å². The molecule has 0 aliphatic carbocycles. The minimum atomic E-state index is -0.000185. The molecule has 1 amide bonds. The van der Waals surface area contributed by atoms with Crippen LogP contribution >= 0.6 is 0 Å². The number of rotatable bonds is 6. The van der Waals surface area contributed by atoms with Gasteiger partial charge in [0.05, 0.1) is 12.6 Å². The smallest absolute Gasteiger partial charge is 0.234 e. The molecule has 0 saturated heterocycles. The van der Waals surface area contributed by atoms with E-state index in [1.807, 2.05) is 6.92 Å². The summed E-state index contributed by atoms with van der Waals surface area (Å²) in [6, 6.07) is -0.000185. The molecule has 14 heavy (non-hydrogen) atoms. The lowest BCUT2D eigenvalue weighted by atomic mass is 10.2. The van der Waals surface area contributed by atoms with Gasteiger partial charge in [-0.3, -0.25) is 10.1 Å². The van der Waals surface area contributed by atoms with Crippen molar-refractivity contribution in [2.24, 2.45) is 5.92 Å². The normalized spacial score (nSPS) is 12.2. The molecule has 3 nitrogen and oxygen atoms in total. The van der Waals surface area contributed by atoms with E-state index in [-0.39, 0.29) is 11.9 Å². The highest BCUT2D eigenvalue weighted by Crippen LogP contribution is 1.88. The van der Waals surface area contributed by atoms with Crippen LogP contribution in [0.5, 0.6) is 0 Å². The fourth-order valence-corrected chi connectivity index (χ4v) is 0.917. The Kier molecular flexibility index (Phi) is 6.87. The van der Waals surface area contributed by atoms with E-state index in [4.69, 9.17) is 6.42 Å². The average molecular weight is 196 g/mol. The summed E-state index contributed by atoms with van der Waals surface area (Å²) in [6.07, 6.45) is 6.09. The highest BCUT2D eigenvalue weighted by Gasteiger charge is 2.05. The first-order valence-corrected chi connectivity index (χ1v) is 5.06. The number of carbonyl (C=O) groups is 1. The summed E-state index contributed by atoms with van der Waals surface area (Å²) >= 11 is 0. The van der Waals surface area contributed by atoms with Crippen LogP contribution in [0.1, 0.15) is 27.2 Å². The number of hydrogen-bond donors (Lipinski definition) is 2. The van der Waals surface area contributed by atoms with Gasteiger partial charge >= 0.3 is 0 Å². The molecule has 0 aromatic carbocycles. The molecule has 0 heterocycles. The third-order valence-electron chi connectivity index (χ3n) is 1.83. The maximum atomic E-state index is 11.2. The zero-order valence-corrected chi connectivity index (χ0v) is 9.26. The topological polar surface area (TPSA) is 41.1 Å². The third kappa shape index (κ3) is 6.50. The number of terminal acetylenes is 1. The molecule has 2 N–H and O–H groups in total. The van der Waals surface area contributed by atoms with Crippen LogP contribution in [-0.2, 0) is 4.79 Å². The maximum absolute atomic E-state index is 11.2. The quantitative estimate of drug-likeness (QED) is 0.616. The molecule has 0 fully saturated rings. The first kappa shape index (κ1) is 13.0. The summed E-state index contributed by atoms with van der Waals surface area (Å²) in [6.45, 7) is 7.13. The number of amides is 1. The first-order chi connectivity index (χ1) is 6.60. The van der Waals surface area contributed by atoms with Gasteiger partial charge in [0.25, 0.3) is 0 Å². The van der Waals surface area contributed by atoms with Gasteiger partial charge in [-0.1, -0.05) is 26.7 Å². The Morgan fingerprint density at radius 3 is 2.57 bits per heavy atom. The van der Waals surface area contributed by atoms with E-state index < -0.39 is 0 Å². The Morgan fingerprint density at radius 1 is 1.50 bits per heavy atom. The summed E-state index contributed by atoms with van der Waals surface area (Å²) in [5.41, 5.74) is 0. The largest absolute Gasteiger partial charge is 0.355 e. The summed E-state index contributed by atoms with van der Waals surface area (Å²) in [5.74, 6) is 3.07. The van der Waals surface area contributed by atoms with E-state index in [0.29, 0.717) is 19.0 Å². The van der Waals surface area contributed by atoms with Crippen molar-refractivity contribution in [2.45, 2.75) is 33.2 Å². The molecule has 0 spiro atoms. The predicted octanol–water partition coefficient (Wildman–Crippen LogP) is 0.760. The minimum absolute atomic E-state index is 0.000185. The summed E-state index contributed by atoms with van der Waals surface area (Å²) in [5, 5.41) is 5.81. The van der Waals surface area contributed by atoms with Crippen LogP contribution < -0.4 is 10.6 Å². The van der Waals surface area contributed by atoms with Crippen LogP contribution in [-0.4, -0.2) is 25.0 Å². The van der Waals surface area contributed by atoms with Gasteiger partial charge in [-0.2, -0.15) is 0 Å². The second kappa shape index (κ2) is 7.40. The number of carbonyl (C=O) groups excluding carboxylic acids is 1. The van der Waals surface area contributed by atoms with Gasteiger partial charge in [0.1, 0.15) is 0 Å². The molecular weight excluding hydrogens is 176 g/mol. The molecule has 0 rings (SSSR count). The average Bonchev–Trinajstić information content (AvgIpc) is 2.16. The minimum Gasteiger partial charge on any atom is -0.355 e. The standard InChI is InChI=1S/C11H20N2O/c1-5-10(6-2)12-8-11(14)13-7-9(3)4/h1,9-10,12H,6-8H2,2-4H3,(H,13,14). The molecule has 0 aliphatic heterocycles. The Hall–Kier alpha value is -1.01. The molecular formula is C11H20N2O. The van der Waals surface area contributed by atoms with Crippen molar-refractivity contribution in [3.05, 3.63) is 0 Å². The SMILES string of the molecule is C#CC(CC)NCC(=O)NCC(C)C. The molecule has 3 heteroatoms. The Bertz CT molecular complexity index is 206. The molecule has 0 bridgehead atoms. The van der Waals surface area contributed by atoms with Gasteiger partial charge in [0.15, 0.2) is 0 Å². The fourth-order valence-electron chi connectivity index (χ4n) is 0.917. The monoisotopic (exact) mass is 196 g/mol. The Morgan fingerprint density at radius 2 is 2.14 bits per heavy atom. The first-order valence-electron chi connectivity index (χ1n) is 5.06. The molecule has 1 unspecified atom stereocenters. The predicted molar refractivity (Wildman–Crippen MR) is 58.8 cm³/mol. The van der Waals surface area contributed by atoms with Crippen LogP contribution in [0.4, 0.5) is 0 Å². The second-order valence-electron chi connectivity index (χ2n) is 3.71. The number of hydrogen-bond acceptors (Lipinski definition) is 2. The molecule has 80 valence electrons. The molecule has 0 aromatic heterocycles. The maximum Gasteiger partial charge on any atom is 0.234 e. The van der Waals surface area contributed by atoms with E-state index in [1.54, 1.807) is 0 Å². The lowest BCUT2D eigenvalue weighted by Gasteiger charge is -2.11. The number of nitrogens with one attached hydrogen (secondary N) is 2. The molecule has 0 saturated carbocycles. The Balaban J connectivity index is 3.59. The van der Waals surface area contributed by atoms with Gasteiger partial charge in [-0.25, -0.2) is 0 Å². The van der Waals surface area contributed by atoms with Crippen LogP contribution in [0.2, 0.25) is 0 Å². The van der Waals surface area contributed by atoms with Crippen molar-refractivity contribution in [1.29, 1.82) is 0 Å².